The molecule has 0 saturated carbocycles. The molecule has 1 heterocycles. The van der Waals surface area contributed by atoms with E-state index >= 15 is 0 Å². The molecule has 3 heteroatoms. The molecule has 12 heavy (non-hydrogen) atoms. The highest BCUT2D eigenvalue weighted by atomic mass is 16.5. The highest BCUT2D eigenvalue weighted by Gasteiger charge is 1.99. The first-order valence-electron chi connectivity index (χ1n) is 4.12. The zero-order chi connectivity index (χ0) is 8.81. The summed E-state index contributed by atoms with van der Waals surface area (Å²) < 4.78 is 5.32. The molecule has 66 valence electrons. The summed E-state index contributed by atoms with van der Waals surface area (Å²) in [6.45, 7) is 2.57. The predicted octanol–water partition coefficient (Wildman–Crippen LogP) is 1.20. The van der Waals surface area contributed by atoms with Crippen LogP contribution in [0.4, 0.5) is 0 Å². The van der Waals surface area contributed by atoms with Crippen molar-refractivity contribution in [3.05, 3.63) is 24.4 Å². The van der Waals surface area contributed by atoms with Gasteiger partial charge in [0.05, 0.1) is 0 Å². The van der Waals surface area contributed by atoms with Gasteiger partial charge < -0.3 is 10.5 Å². The quantitative estimate of drug-likeness (QED) is 0.731. The second-order valence-corrected chi connectivity index (χ2v) is 2.65. The van der Waals surface area contributed by atoms with Gasteiger partial charge in [-0.15, -0.1) is 0 Å². The largest absolute Gasteiger partial charge is 0.476 e. The van der Waals surface area contributed by atoms with Gasteiger partial charge in [0.2, 0.25) is 5.88 Å². The van der Waals surface area contributed by atoms with Gasteiger partial charge in [-0.25, -0.2) is 4.98 Å². The highest BCUT2D eigenvalue weighted by Crippen LogP contribution is 2.03. The van der Waals surface area contributed by atoms with Crippen molar-refractivity contribution in [2.24, 2.45) is 5.73 Å². The Morgan fingerprint density at radius 1 is 1.58 bits per heavy atom. The summed E-state index contributed by atoms with van der Waals surface area (Å²) in [5.41, 5.74) is 5.67. The number of aromatic nitrogens is 1. The zero-order valence-electron chi connectivity index (χ0n) is 7.23. The summed E-state index contributed by atoms with van der Waals surface area (Å²) in [5, 5.41) is 0. The minimum absolute atomic E-state index is 0.104. The second-order valence-electron chi connectivity index (χ2n) is 2.65. The lowest BCUT2D eigenvalue weighted by atomic mass is 10.3. The second kappa shape index (κ2) is 4.72. The normalized spacial score (nSPS) is 12.5. The van der Waals surface area contributed by atoms with Crippen LogP contribution in [0.25, 0.3) is 0 Å². The Bertz CT molecular complexity index is 213. The van der Waals surface area contributed by atoms with Crippen LogP contribution in [-0.2, 0) is 0 Å². The van der Waals surface area contributed by atoms with E-state index in [-0.39, 0.29) is 6.04 Å². The van der Waals surface area contributed by atoms with Crippen LogP contribution in [-0.4, -0.2) is 17.6 Å². The van der Waals surface area contributed by atoms with Gasteiger partial charge in [-0.05, 0) is 12.5 Å². The standard InChI is InChI=1S/C9H14N2O/c1-2-8(10)7-12-9-5-3-4-6-11-9/h3-6,8H,2,7,10H2,1H3. The fourth-order valence-corrected chi connectivity index (χ4v) is 0.743. The average Bonchev–Trinajstić information content (AvgIpc) is 2.16. The highest BCUT2D eigenvalue weighted by molar-refractivity contribution is 5.09. The molecule has 0 bridgehead atoms. The maximum atomic E-state index is 5.67. The molecule has 1 unspecified atom stereocenters. The Hall–Kier alpha value is -1.09. The van der Waals surface area contributed by atoms with E-state index in [0.717, 1.165) is 6.42 Å². The zero-order valence-corrected chi connectivity index (χ0v) is 7.23. The SMILES string of the molecule is CCC(N)COc1ccccn1. The molecule has 3 nitrogen and oxygen atoms in total. The molecule has 0 aliphatic carbocycles. The third-order valence-corrected chi connectivity index (χ3v) is 1.61. The van der Waals surface area contributed by atoms with Crippen molar-refractivity contribution in [1.82, 2.24) is 4.98 Å². The van der Waals surface area contributed by atoms with Crippen LogP contribution < -0.4 is 10.5 Å². The van der Waals surface area contributed by atoms with Crippen molar-refractivity contribution in [3.8, 4) is 5.88 Å². The van der Waals surface area contributed by atoms with E-state index in [2.05, 4.69) is 4.98 Å². The molecule has 0 saturated heterocycles. The van der Waals surface area contributed by atoms with Crippen LogP contribution >= 0.6 is 0 Å². The Labute approximate surface area is 72.6 Å². The topological polar surface area (TPSA) is 48.1 Å². The molecule has 0 spiro atoms. The number of nitrogens with zero attached hydrogens (tertiary/aromatic N) is 1. The molecule has 0 aromatic carbocycles. The van der Waals surface area contributed by atoms with Crippen molar-refractivity contribution >= 4 is 0 Å². The molecule has 0 aliphatic heterocycles. The molecule has 0 radical (unpaired) electrons. The lowest BCUT2D eigenvalue weighted by molar-refractivity contribution is 0.275. The van der Waals surface area contributed by atoms with E-state index in [9.17, 15) is 0 Å². The van der Waals surface area contributed by atoms with Crippen molar-refractivity contribution in [1.29, 1.82) is 0 Å². The average molecular weight is 166 g/mol. The smallest absolute Gasteiger partial charge is 0.213 e. The summed E-state index contributed by atoms with van der Waals surface area (Å²) in [6, 6.07) is 5.67. The van der Waals surface area contributed by atoms with Crippen LogP contribution in [0.1, 0.15) is 13.3 Å². The van der Waals surface area contributed by atoms with Crippen LogP contribution in [0.5, 0.6) is 5.88 Å². The van der Waals surface area contributed by atoms with Crippen molar-refractivity contribution in [2.75, 3.05) is 6.61 Å². The van der Waals surface area contributed by atoms with Crippen molar-refractivity contribution in [2.45, 2.75) is 19.4 Å². The van der Waals surface area contributed by atoms with Gasteiger partial charge in [-0.1, -0.05) is 13.0 Å². The lowest BCUT2D eigenvalue weighted by Gasteiger charge is -2.09. The molecule has 0 amide bonds. The number of nitrogens with two attached hydrogens (primary N) is 1. The number of ether oxygens (including phenoxy) is 1. The molecule has 0 fully saturated rings. The van der Waals surface area contributed by atoms with Gasteiger partial charge in [0.1, 0.15) is 6.61 Å². The number of pyridine rings is 1. The minimum Gasteiger partial charge on any atom is -0.476 e. The summed E-state index contributed by atoms with van der Waals surface area (Å²) in [4.78, 5) is 4.01. The summed E-state index contributed by atoms with van der Waals surface area (Å²) >= 11 is 0. The first-order chi connectivity index (χ1) is 5.83. The van der Waals surface area contributed by atoms with Gasteiger partial charge in [0.15, 0.2) is 0 Å². The summed E-state index contributed by atoms with van der Waals surface area (Å²) in [5.74, 6) is 0.640. The summed E-state index contributed by atoms with van der Waals surface area (Å²) in [7, 11) is 0. The fraction of sp³-hybridized carbons (Fsp3) is 0.444. The Morgan fingerprint density at radius 2 is 2.42 bits per heavy atom. The number of hydrogen-bond donors (Lipinski definition) is 1. The van der Waals surface area contributed by atoms with E-state index in [4.69, 9.17) is 10.5 Å². The van der Waals surface area contributed by atoms with E-state index in [1.54, 1.807) is 6.20 Å². The van der Waals surface area contributed by atoms with Crippen molar-refractivity contribution in [3.63, 3.8) is 0 Å². The van der Waals surface area contributed by atoms with Gasteiger partial charge in [0, 0.05) is 18.3 Å². The van der Waals surface area contributed by atoms with Gasteiger partial charge in [-0.3, -0.25) is 0 Å². The maximum Gasteiger partial charge on any atom is 0.213 e. The van der Waals surface area contributed by atoms with E-state index in [1.807, 2.05) is 25.1 Å². The Kier molecular flexibility index (Phi) is 3.54. The molecular weight excluding hydrogens is 152 g/mol. The molecule has 2 N–H and O–H groups in total. The number of rotatable bonds is 4. The molecule has 1 aromatic heterocycles. The molecular formula is C9H14N2O. The Balaban J connectivity index is 2.33. The van der Waals surface area contributed by atoms with Crippen LogP contribution in [0.15, 0.2) is 24.4 Å². The van der Waals surface area contributed by atoms with Gasteiger partial charge in [-0.2, -0.15) is 0 Å². The van der Waals surface area contributed by atoms with Crippen LogP contribution in [0.3, 0.4) is 0 Å². The van der Waals surface area contributed by atoms with E-state index < -0.39 is 0 Å². The van der Waals surface area contributed by atoms with Crippen LogP contribution in [0, 0.1) is 0 Å². The number of hydrogen-bond acceptors (Lipinski definition) is 3. The molecule has 0 aliphatic rings. The van der Waals surface area contributed by atoms with E-state index in [0.29, 0.717) is 12.5 Å². The van der Waals surface area contributed by atoms with Gasteiger partial charge in [0.25, 0.3) is 0 Å². The summed E-state index contributed by atoms with van der Waals surface area (Å²) in [6.07, 6.45) is 2.62. The molecule has 1 rings (SSSR count). The van der Waals surface area contributed by atoms with Gasteiger partial charge >= 0.3 is 0 Å². The lowest BCUT2D eigenvalue weighted by Crippen LogP contribution is -2.26. The van der Waals surface area contributed by atoms with Crippen molar-refractivity contribution < 1.29 is 4.74 Å². The minimum atomic E-state index is 0.104. The fourth-order valence-electron chi connectivity index (χ4n) is 0.743. The molecule has 1 atom stereocenters. The monoisotopic (exact) mass is 166 g/mol. The molecule has 1 aromatic rings. The third-order valence-electron chi connectivity index (χ3n) is 1.61. The third kappa shape index (κ3) is 2.88. The first-order valence-corrected chi connectivity index (χ1v) is 4.12. The Morgan fingerprint density at radius 3 is 3.00 bits per heavy atom. The maximum absolute atomic E-state index is 5.67. The van der Waals surface area contributed by atoms with E-state index in [1.165, 1.54) is 0 Å². The predicted molar refractivity (Wildman–Crippen MR) is 48.0 cm³/mol. The van der Waals surface area contributed by atoms with Crippen LogP contribution in [0.2, 0.25) is 0 Å². The first kappa shape index (κ1) is 9.00.